The van der Waals surface area contributed by atoms with Gasteiger partial charge in [0.1, 0.15) is 12.4 Å². The number of ether oxygens (including phenoxy) is 1. The van der Waals surface area contributed by atoms with Crippen molar-refractivity contribution in [2.45, 2.75) is 4.21 Å². The van der Waals surface area contributed by atoms with Gasteiger partial charge in [-0.05, 0) is 42.5 Å². The first kappa shape index (κ1) is 18.2. The largest absolute Gasteiger partial charge is 0.481 e. The highest BCUT2D eigenvalue weighted by molar-refractivity contribution is 8.01. The molecule has 6 heteroatoms. The Bertz CT molecular complexity index is 1000. The zero-order valence-corrected chi connectivity index (χ0v) is 16.1. The van der Waals surface area contributed by atoms with Crippen LogP contribution in [-0.2, 0) is 0 Å². The van der Waals surface area contributed by atoms with E-state index < -0.39 is 0 Å². The third kappa shape index (κ3) is 5.17. The first-order valence-corrected chi connectivity index (χ1v) is 9.88. The van der Waals surface area contributed by atoms with Gasteiger partial charge in [-0.2, -0.15) is 0 Å². The van der Waals surface area contributed by atoms with Crippen LogP contribution in [-0.4, -0.2) is 12.4 Å². The maximum Gasteiger partial charge on any atom is 0.189 e. The average molecular weight is 407 g/mol. The van der Waals surface area contributed by atoms with Crippen molar-refractivity contribution in [1.29, 1.82) is 0 Å². The van der Waals surface area contributed by atoms with Gasteiger partial charge in [0.2, 0.25) is 0 Å². The van der Waals surface area contributed by atoms with Crippen LogP contribution in [0.25, 0.3) is 10.1 Å². The van der Waals surface area contributed by atoms with E-state index >= 15 is 0 Å². The molecule has 0 N–H and O–H groups in total. The van der Waals surface area contributed by atoms with E-state index in [2.05, 4.69) is 11.8 Å². The van der Waals surface area contributed by atoms with Gasteiger partial charge < -0.3 is 4.74 Å². The van der Waals surface area contributed by atoms with Gasteiger partial charge in [0.25, 0.3) is 0 Å². The van der Waals surface area contributed by atoms with E-state index in [9.17, 15) is 4.79 Å². The summed E-state index contributed by atoms with van der Waals surface area (Å²) in [6.07, 6.45) is 0. The molecule has 0 aliphatic carbocycles. The molecule has 0 saturated heterocycles. The molecule has 0 radical (unpaired) electrons. The Balaban J connectivity index is 1.56. The number of hydrogen-bond donors (Lipinski definition) is 0. The van der Waals surface area contributed by atoms with Crippen molar-refractivity contribution >= 4 is 56.4 Å². The Labute approximate surface area is 163 Å². The SMILES string of the molecule is O=c1cc(SCC#CCOc2ccc(Cl)cc2)sc2cc(Cl)ccc12. The second-order valence-electron chi connectivity index (χ2n) is 4.95. The van der Waals surface area contributed by atoms with Crippen LogP contribution in [0.3, 0.4) is 0 Å². The summed E-state index contributed by atoms with van der Waals surface area (Å²) in [4.78, 5) is 12.1. The van der Waals surface area contributed by atoms with Crippen LogP contribution in [0.1, 0.15) is 0 Å². The second kappa shape index (κ2) is 8.64. The summed E-state index contributed by atoms with van der Waals surface area (Å²) in [5, 5.41) is 2.00. The van der Waals surface area contributed by atoms with Gasteiger partial charge in [0.05, 0.1) is 9.96 Å². The van der Waals surface area contributed by atoms with Crippen LogP contribution in [0.5, 0.6) is 5.75 Å². The van der Waals surface area contributed by atoms with Crippen molar-refractivity contribution in [1.82, 2.24) is 0 Å². The van der Waals surface area contributed by atoms with Gasteiger partial charge in [-0.3, -0.25) is 4.79 Å². The van der Waals surface area contributed by atoms with E-state index in [1.165, 1.54) is 11.8 Å². The first-order valence-electron chi connectivity index (χ1n) is 7.32. The number of fused-ring (bicyclic) bond motifs is 1. The highest BCUT2D eigenvalue weighted by Gasteiger charge is 2.03. The summed E-state index contributed by atoms with van der Waals surface area (Å²) in [6, 6.07) is 14.1. The topological polar surface area (TPSA) is 26.3 Å². The minimum atomic E-state index is 0.00643. The van der Waals surface area contributed by atoms with Crippen molar-refractivity contribution in [3.8, 4) is 17.6 Å². The minimum Gasteiger partial charge on any atom is -0.481 e. The third-order valence-electron chi connectivity index (χ3n) is 3.20. The molecule has 0 saturated carbocycles. The van der Waals surface area contributed by atoms with E-state index in [0.29, 0.717) is 27.8 Å². The summed E-state index contributed by atoms with van der Waals surface area (Å²) in [6.45, 7) is 0.311. The summed E-state index contributed by atoms with van der Waals surface area (Å²) in [5.74, 6) is 7.32. The fourth-order valence-electron chi connectivity index (χ4n) is 2.04. The Morgan fingerprint density at radius 3 is 2.56 bits per heavy atom. The Morgan fingerprint density at radius 2 is 1.76 bits per heavy atom. The standard InChI is InChI=1S/C19H12Cl2O2S2/c20-13-3-6-15(7-4-13)23-9-1-2-10-24-19-12-17(22)16-8-5-14(21)11-18(16)25-19/h3-8,11-12H,9-10H2. The van der Waals surface area contributed by atoms with Crippen LogP contribution in [0, 0.1) is 11.8 Å². The van der Waals surface area contributed by atoms with Crippen molar-refractivity contribution in [3.05, 3.63) is 68.8 Å². The molecule has 2 aromatic carbocycles. The molecule has 0 amide bonds. The average Bonchev–Trinajstić information content (AvgIpc) is 2.59. The van der Waals surface area contributed by atoms with Crippen molar-refractivity contribution < 1.29 is 4.74 Å². The van der Waals surface area contributed by atoms with Crippen LogP contribution < -0.4 is 10.2 Å². The summed E-state index contributed by atoms with van der Waals surface area (Å²) in [5.41, 5.74) is 0.00643. The molecule has 25 heavy (non-hydrogen) atoms. The van der Waals surface area contributed by atoms with Crippen LogP contribution in [0.2, 0.25) is 10.0 Å². The molecule has 0 atom stereocenters. The fourth-order valence-corrected chi connectivity index (χ4v) is 4.44. The predicted octanol–water partition coefficient (Wildman–Crippen LogP) is 5.74. The second-order valence-corrected chi connectivity index (χ2v) is 8.19. The molecule has 126 valence electrons. The number of hydrogen-bond acceptors (Lipinski definition) is 4. The molecule has 3 rings (SSSR count). The number of thioether (sulfide) groups is 1. The molecular weight excluding hydrogens is 395 g/mol. The van der Waals surface area contributed by atoms with Gasteiger partial charge >= 0.3 is 0 Å². The molecule has 0 aliphatic heterocycles. The maximum absolute atomic E-state index is 12.1. The zero-order valence-electron chi connectivity index (χ0n) is 12.9. The van der Waals surface area contributed by atoms with Crippen molar-refractivity contribution in [2.75, 3.05) is 12.4 Å². The quantitative estimate of drug-likeness (QED) is 0.407. The van der Waals surface area contributed by atoms with E-state index in [-0.39, 0.29) is 5.43 Å². The number of halogens is 2. The molecule has 0 bridgehead atoms. The molecular formula is C19H12Cl2O2S2. The summed E-state index contributed by atoms with van der Waals surface area (Å²) >= 11 is 14.9. The molecule has 3 aromatic rings. The lowest BCUT2D eigenvalue weighted by Crippen LogP contribution is -1.98. The Hall–Kier alpha value is -1.64. The monoisotopic (exact) mass is 406 g/mol. The van der Waals surface area contributed by atoms with Crippen LogP contribution >= 0.6 is 46.3 Å². The van der Waals surface area contributed by atoms with E-state index in [0.717, 1.165) is 14.7 Å². The first-order chi connectivity index (χ1) is 12.1. The Kier molecular flexibility index (Phi) is 6.28. The normalized spacial score (nSPS) is 10.3. The lowest BCUT2D eigenvalue weighted by molar-refractivity contribution is 0.370. The predicted molar refractivity (Wildman–Crippen MR) is 109 cm³/mol. The molecule has 1 aromatic heterocycles. The summed E-state index contributed by atoms with van der Waals surface area (Å²) in [7, 11) is 0. The molecule has 0 aliphatic rings. The zero-order chi connectivity index (χ0) is 17.6. The maximum atomic E-state index is 12.1. The van der Waals surface area contributed by atoms with Crippen LogP contribution in [0.4, 0.5) is 0 Å². The smallest absolute Gasteiger partial charge is 0.189 e. The van der Waals surface area contributed by atoms with E-state index in [4.69, 9.17) is 27.9 Å². The van der Waals surface area contributed by atoms with Gasteiger partial charge in [-0.1, -0.05) is 35.0 Å². The third-order valence-corrected chi connectivity index (χ3v) is 5.86. The highest BCUT2D eigenvalue weighted by atomic mass is 35.5. The minimum absolute atomic E-state index is 0.00643. The van der Waals surface area contributed by atoms with E-state index in [1.54, 1.807) is 53.8 Å². The lowest BCUT2D eigenvalue weighted by Gasteiger charge is -2.01. The Morgan fingerprint density at radius 1 is 1.00 bits per heavy atom. The molecule has 0 spiro atoms. The number of rotatable bonds is 4. The van der Waals surface area contributed by atoms with Gasteiger partial charge in [0.15, 0.2) is 5.43 Å². The molecule has 1 heterocycles. The van der Waals surface area contributed by atoms with E-state index in [1.807, 2.05) is 6.07 Å². The van der Waals surface area contributed by atoms with Gasteiger partial charge in [-0.25, -0.2) is 0 Å². The summed E-state index contributed by atoms with van der Waals surface area (Å²) < 4.78 is 7.31. The fraction of sp³-hybridized carbons (Fsp3) is 0.105. The highest BCUT2D eigenvalue weighted by Crippen LogP contribution is 2.28. The van der Waals surface area contributed by atoms with Crippen molar-refractivity contribution in [3.63, 3.8) is 0 Å². The molecule has 2 nitrogen and oxygen atoms in total. The van der Waals surface area contributed by atoms with Crippen molar-refractivity contribution in [2.24, 2.45) is 0 Å². The lowest BCUT2D eigenvalue weighted by atomic mass is 10.2. The number of benzene rings is 2. The van der Waals surface area contributed by atoms with Gasteiger partial charge in [-0.15, -0.1) is 23.1 Å². The van der Waals surface area contributed by atoms with Crippen LogP contribution in [0.15, 0.2) is 57.5 Å². The molecule has 0 fully saturated rings. The molecule has 0 unspecified atom stereocenters. The van der Waals surface area contributed by atoms with Gasteiger partial charge in [0, 0.05) is 26.2 Å².